The summed E-state index contributed by atoms with van der Waals surface area (Å²) in [4.78, 5) is 11.9. The highest BCUT2D eigenvalue weighted by molar-refractivity contribution is 5.94. The van der Waals surface area contributed by atoms with Gasteiger partial charge < -0.3 is 15.4 Å². The van der Waals surface area contributed by atoms with E-state index < -0.39 is 0 Å². The average molecular weight is 250 g/mol. The number of amides is 1. The second-order valence-electron chi connectivity index (χ2n) is 4.38. The maximum Gasteiger partial charge on any atom is 0.241 e. The first kappa shape index (κ1) is 14.7. The first-order valence-corrected chi connectivity index (χ1v) is 6.23. The minimum absolute atomic E-state index is 0.0173. The first-order valence-electron chi connectivity index (χ1n) is 6.23. The van der Waals surface area contributed by atoms with E-state index in [9.17, 15) is 4.79 Å². The zero-order chi connectivity index (χ0) is 13.4. The SMILES string of the molecule is COCCCNC(C)C(=O)Nc1ccc(C)cc1. The predicted molar refractivity (Wildman–Crippen MR) is 73.8 cm³/mol. The molecule has 2 N–H and O–H groups in total. The van der Waals surface area contributed by atoms with Crippen molar-refractivity contribution in [3.63, 3.8) is 0 Å². The molecule has 0 saturated heterocycles. The summed E-state index contributed by atoms with van der Waals surface area (Å²) in [5, 5.41) is 6.03. The summed E-state index contributed by atoms with van der Waals surface area (Å²) in [5.74, 6) is -0.0173. The number of anilines is 1. The molecule has 1 aromatic rings. The highest BCUT2D eigenvalue weighted by atomic mass is 16.5. The number of carbonyl (C=O) groups excluding carboxylic acids is 1. The van der Waals surface area contributed by atoms with E-state index in [0.29, 0.717) is 6.61 Å². The second-order valence-corrected chi connectivity index (χ2v) is 4.38. The molecule has 1 unspecified atom stereocenters. The van der Waals surface area contributed by atoms with Crippen LogP contribution in [-0.4, -0.2) is 32.2 Å². The van der Waals surface area contributed by atoms with Crippen LogP contribution in [0.25, 0.3) is 0 Å². The second kappa shape index (κ2) is 7.84. The van der Waals surface area contributed by atoms with Crippen molar-refractivity contribution in [1.82, 2.24) is 5.32 Å². The van der Waals surface area contributed by atoms with Crippen LogP contribution in [-0.2, 0) is 9.53 Å². The molecule has 0 radical (unpaired) electrons. The van der Waals surface area contributed by atoms with Crippen LogP contribution >= 0.6 is 0 Å². The lowest BCUT2D eigenvalue weighted by molar-refractivity contribution is -0.117. The van der Waals surface area contributed by atoms with Gasteiger partial charge in [-0.25, -0.2) is 0 Å². The largest absolute Gasteiger partial charge is 0.385 e. The average Bonchev–Trinajstić information content (AvgIpc) is 2.37. The zero-order valence-corrected chi connectivity index (χ0v) is 11.3. The molecule has 1 atom stereocenters. The summed E-state index contributed by atoms with van der Waals surface area (Å²) >= 11 is 0. The minimum atomic E-state index is -0.205. The van der Waals surface area contributed by atoms with Gasteiger partial charge in [0.1, 0.15) is 0 Å². The van der Waals surface area contributed by atoms with Crippen molar-refractivity contribution >= 4 is 11.6 Å². The fourth-order valence-electron chi connectivity index (χ4n) is 1.52. The summed E-state index contributed by atoms with van der Waals surface area (Å²) in [7, 11) is 1.67. The molecule has 0 saturated carbocycles. The number of benzene rings is 1. The summed E-state index contributed by atoms with van der Waals surface area (Å²) < 4.78 is 4.95. The number of hydrogen-bond acceptors (Lipinski definition) is 3. The number of rotatable bonds is 7. The van der Waals surface area contributed by atoms with Crippen LogP contribution in [0.3, 0.4) is 0 Å². The van der Waals surface area contributed by atoms with E-state index >= 15 is 0 Å². The molecule has 4 heteroatoms. The minimum Gasteiger partial charge on any atom is -0.385 e. The Kier molecular flexibility index (Phi) is 6.39. The first-order chi connectivity index (χ1) is 8.63. The van der Waals surface area contributed by atoms with Gasteiger partial charge in [-0.05, 0) is 38.9 Å². The van der Waals surface area contributed by atoms with Gasteiger partial charge in [0.05, 0.1) is 6.04 Å². The van der Waals surface area contributed by atoms with E-state index in [0.717, 1.165) is 18.7 Å². The number of carbonyl (C=O) groups is 1. The summed E-state index contributed by atoms with van der Waals surface area (Å²) in [6, 6.07) is 7.57. The van der Waals surface area contributed by atoms with Gasteiger partial charge >= 0.3 is 0 Å². The van der Waals surface area contributed by atoms with E-state index in [1.54, 1.807) is 7.11 Å². The van der Waals surface area contributed by atoms with Gasteiger partial charge in [-0.1, -0.05) is 17.7 Å². The molecule has 0 fully saturated rings. The topological polar surface area (TPSA) is 50.4 Å². The molecule has 0 heterocycles. The van der Waals surface area contributed by atoms with E-state index in [1.807, 2.05) is 38.1 Å². The third-order valence-corrected chi connectivity index (χ3v) is 2.69. The van der Waals surface area contributed by atoms with E-state index in [1.165, 1.54) is 5.56 Å². The molecule has 0 aromatic heterocycles. The van der Waals surface area contributed by atoms with Crippen molar-refractivity contribution in [1.29, 1.82) is 0 Å². The number of nitrogens with one attached hydrogen (secondary N) is 2. The highest BCUT2D eigenvalue weighted by Gasteiger charge is 2.11. The van der Waals surface area contributed by atoms with Crippen molar-refractivity contribution in [2.24, 2.45) is 0 Å². The molecule has 1 aromatic carbocycles. The van der Waals surface area contributed by atoms with Gasteiger partial charge in [-0.15, -0.1) is 0 Å². The Morgan fingerprint density at radius 2 is 2.00 bits per heavy atom. The van der Waals surface area contributed by atoms with Crippen LogP contribution in [0.1, 0.15) is 18.9 Å². The molecular formula is C14H22N2O2. The normalized spacial score (nSPS) is 12.2. The van der Waals surface area contributed by atoms with Crippen LogP contribution in [0.4, 0.5) is 5.69 Å². The van der Waals surface area contributed by atoms with Crippen LogP contribution in [0.2, 0.25) is 0 Å². The molecule has 18 heavy (non-hydrogen) atoms. The van der Waals surface area contributed by atoms with Crippen molar-refractivity contribution in [2.75, 3.05) is 25.6 Å². The summed E-state index contributed by atoms with van der Waals surface area (Å²) in [5.41, 5.74) is 2.01. The molecule has 100 valence electrons. The molecule has 0 aliphatic rings. The van der Waals surface area contributed by atoms with Crippen molar-refractivity contribution < 1.29 is 9.53 Å². The Balaban J connectivity index is 2.33. The van der Waals surface area contributed by atoms with Gasteiger partial charge in [0.25, 0.3) is 0 Å². The molecular weight excluding hydrogens is 228 g/mol. The lowest BCUT2D eigenvalue weighted by atomic mass is 10.2. The van der Waals surface area contributed by atoms with Crippen molar-refractivity contribution in [3.8, 4) is 0 Å². The summed E-state index contributed by atoms with van der Waals surface area (Å²) in [6.45, 7) is 5.36. The Bertz CT molecular complexity index is 363. The van der Waals surface area contributed by atoms with E-state index in [4.69, 9.17) is 4.74 Å². The standard InChI is InChI=1S/C14H22N2O2/c1-11-5-7-13(8-6-11)16-14(17)12(2)15-9-4-10-18-3/h5-8,12,15H,4,9-10H2,1-3H3,(H,16,17). The Hall–Kier alpha value is -1.39. The Labute approximate surface area is 109 Å². The molecule has 4 nitrogen and oxygen atoms in total. The zero-order valence-electron chi connectivity index (χ0n) is 11.3. The van der Waals surface area contributed by atoms with Crippen molar-refractivity contribution in [2.45, 2.75) is 26.3 Å². The van der Waals surface area contributed by atoms with Gasteiger partial charge in [-0.3, -0.25) is 4.79 Å². The third kappa shape index (κ3) is 5.29. The lowest BCUT2D eigenvalue weighted by Crippen LogP contribution is -2.38. The quantitative estimate of drug-likeness (QED) is 0.727. The number of hydrogen-bond donors (Lipinski definition) is 2. The van der Waals surface area contributed by atoms with Gasteiger partial charge in [0.15, 0.2) is 0 Å². The third-order valence-electron chi connectivity index (χ3n) is 2.69. The number of ether oxygens (including phenoxy) is 1. The summed E-state index contributed by atoms with van der Waals surface area (Å²) in [6.07, 6.45) is 0.901. The smallest absolute Gasteiger partial charge is 0.241 e. The Morgan fingerprint density at radius 1 is 1.33 bits per heavy atom. The van der Waals surface area contributed by atoms with Crippen LogP contribution in [0, 0.1) is 6.92 Å². The van der Waals surface area contributed by atoms with Crippen LogP contribution in [0.15, 0.2) is 24.3 Å². The molecule has 0 aliphatic heterocycles. The predicted octanol–water partition coefficient (Wildman–Crippen LogP) is 1.95. The molecule has 1 rings (SSSR count). The number of methoxy groups -OCH3 is 1. The van der Waals surface area contributed by atoms with Gasteiger partial charge in [0, 0.05) is 19.4 Å². The van der Waals surface area contributed by atoms with Gasteiger partial charge in [-0.2, -0.15) is 0 Å². The maximum absolute atomic E-state index is 11.9. The molecule has 0 aliphatic carbocycles. The lowest BCUT2D eigenvalue weighted by Gasteiger charge is -2.14. The fraction of sp³-hybridized carbons (Fsp3) is 0.500. The molecule has 0 spiro atoms. The number of aryl methyl sites for hydroxylation is 1. The van der Waals surface area contributed by atoms with Gasteiger partial charge in [0.2, 0.25) is 5.91 Å². The van der Waals surface area contributed by atoms with Crippen LogP contribution < -0.4 is 10.6 Å². The van der Waals surface area contributed by atoms with Crippen molar-refractivity contribution in [3.05, 3.63) is 29.8 Å². The fourth-order valence-corrected chi connectivity index (χ4v) is 1.52. The maximum atomic E-state index is 11.9. The molecule has 1 amide bonds. The monoisotopic (exact) mass is 250 g/mol. The molecule has 0 bridgehead atoms. The van der Waals surface area contributed by atoms with Crippen LogP contribution in [0.5, 0.6) is 0 Å². The highest BCUT2D eigenvalue weighted by Crippen LogP contribution is 2.08. The Morgan fingerprint density at radius 3 is 2.61 bits per heavy atom. The van der Waals surface area contributed by atoms with E-state index in [-0.39, 0.29) is 11.9 Å². The van der Waals surface area contributed by atoms with E-state index in [2.05, 4.69) is 10.6 Å².